The van der Waals surface area contributed by atoms with Crippen LogP contribution >= 0.6 is 0 Å². The van der Waals surface area contributed by atoms with Crippen LogP contribution in [0.4, 0.5) is 0 Å². The first kappa shape index (κ1) is 17.1. The number of ether oxygens (including phenoxy) is 3. The Labute approximate surface area is 125 Å². The largest absolute Gasteiger partial charge is 0.496 e. The molecule has 1 unspecified atom stereocenters. The Morgan fingerprint density at radius 3 is 2.24 bits per heavy atom. The molecule has 6 nitrogen and oxygen atoms in total. The molecule has 2 N–H and O–H groups in total. The Kier molecular flexibility index (Phi) is 6.81. The molecule has 0 fully saturated rings. The predicted molar refractivity (Wildman–Crippen MR) is 79.3 cm³/mol. The van der Waals surface area contributed by atoms with Crippen LogP contribution in [0.3, 0.4) is 0 Å². The topological polar surface area (TPSA) is 77.0 Å². The standard InChI is InChI=1S/C15H23NO5/c1-5-6-10(17)9-16-15(18)11-7-13(20-3)14(21-4)8-12(11)19-2/h7-8,10,17H,5-6,9H2,1-4H3,(H,16,18). The lowest BCUT2D eigenvalue weighted by molar-refractivity contribution is 0.0906. The quantitative estimate of drug-likeness (QED) is 0.762. The molecule has 1 aromatic carbocycles. The number of carbonyl (C=O) groups excluding carboxylic acids is 1. The minimum absolute atomic E-state index is 0.199. The van der Waals surface area contributed by atoms with Crippen molar-refractivity contribution in [3.05, 3.63) is 17.7 Å². The summed E-state index contributed by atoms with van der Waals surface area (Å²) in [6.07, 6.45) is 0.949. The van der Waals surface area contributed by atoms with Gasteiger partial charge in [0.05, 0.1) is 33.0 Å². The number of benzene rings is 1. The summed E-state index contributed by atoms with van der Waals surface area (Å²) in [7, 11) is 4.49. The number of hydrogen-bond acceptors (Lipinski definition) is 5. The van der Waals surface area contributed by atoms with Gasteiger partial charge in [-0.3, -0.25) is 4.79 Å². The molecule has 0 aliphatic carbocycles. The number of nitrogens with one attached hydrogen (secondary N) is 1. The van der Waals surface area contributed by atoms with Gasteiger partial charge in [-0.2, -0.15) is 0 Å². The number of aliphatic hydroxyl groups is 1. The fraction of sp³-hybridized carbons (Fsp3) is 0.533. The summed E-state index contributed by atoms with van der Waals surface area (Å²) in [6.45, 7) is 2.17. The molecule has 0 spiro atoms. The van der Waals surface area contributed by atoms with Gasteiger partial charge in [-0.15, -0.1) is 0 Å². The number of methoxy groups -OCH3 is 3. The molecule has 1 amide bonds. The summed E-state index contributed by atoms with van der Waals surface area (Å²) < 4.78 is 15.6. The van der Waals surface area contributed by atoms with Gasteiger partial charge in [0.25, 0.3) is 5.91 Å². The van der Waals surface area contributed by atoms with Crippen molar-refractivity contribution in [1.82, 2.24) is 5.32 Å². The SMILES string of the molecule is CCCC(O)CNC(=O)c1cc(OC)c(OC)cc1OC. The third kappa shape index (κ3) is 4.53. The second kappa shape index (κ2) is 8.36. The van der Waals surface area contributed by atoms with E-state index in [1.165, 1.54) is 21.3 Å². The minimum Gasteiger partial charge on any atom is -0.496 e. The Hall–Kier alpha value is -1.95. The van der Waals surface area contributed by atoms with E-state index < -0.39 is 6.10 Å². The van der Waals surface area contributed by atoms with Crippen LogP contribution in [-0.2, 0) is 0 Å². The van der Waals surface area contributed by atoms with Crippen LogP contribution in [0.2, 0.25) is 0 Å². The highest BCUT2D eigenvalue weighted by Gasteiger charge is 2.18. The first-order chi connectivity index (χ1) is 10.1. The molecule has 1 aromatic rings. The second-order valence-corrected chi connectivity index (χ2v) is 4.56. The number of aliphatic hydroxyl groups excluding tert-OH is 1. The fourth-order valence-electron chi connectivity index (χ4n) is 1.95. The van der Waals surface area contributed by atoms with Gasteiger partial charge in [-0.05, 0) is 6.42 Å². The maximum atomic E-state index is 12.2. The smallest absolute Gasteiger partial charge is 0.255 e. The summed E-state index contributed by atoms with van der Waals surface area (Å²) in [5.74, 6) is 0.979. The molecule has 0 aliphatic rings. The summed E-state index contributed by atoms with van der Waals surface area (Å²) in [5.41, 5.74) is 0.332. The van der Waals surface area contributed by atoms with E-state index in [0.717, 1.165) is 6.42 Å². The van der Waals surface area contributed by atoms with E-state index in [9.17, 15) is 9.90 Å². The van der Waals surface area contributed by atoms with Crippen molar-refractivity contribution in [2.45, 2.75) is 25.9 Å². The van der Waals surface area contributed by atoms with E-state index in [1.807, 2.05) is 6.92 Å². The van der Waals surface area contributed by atoms with Crippen LogP contribution < -0.4 is 19.5 Å². The summed E-state index contributed by atoms with van der Waals surface area (Å²) in [5, 5.41) is 12.3. The zero-order chi connectivity index (χ0) is 15.8. The number of amides is 1. The Morgan fingerprint density at radius 2 is 1.71 bits per heavy atom. The third-order valence-corrected chi connectivity index (χ3v) is 3.07. The third-order valence-electron chi connectivity index (χ3n) is 3.07. The van der Waals surface area contributed by atoms with Crippen molar-refractivity contribution in [3.8, 4) is 17.2 Å². The van der Waals surface area contributed by atoms with E-state index >= 15 is 0 Å². The molecule has 21 heavy (non-hydrogen) atoms. The summed E-state index contributed by atoms with van der Waals surface area (Å²) in [4.78, 5) is 12.2. The van der Waals surface area contributed by atoms with E-state index in [4.69, 9.17) is 14.2 Å². The minimum atomic E-state index is -0.551. The van der Waals surface area contributed by atoms with E-state index in [-0.39, 0.29) is 12.5 Å². The molecular weight excluding hydrogens is 274 g/mol. The molecule has 0 aromatic heterocycles. The molecule has 0 heterocycles. The van der Waals surface area contributed by atoms with E-state index in [0.29, 0.717) is 29.2 Å². The van der Waals surface area contributed by atoms with Crippen LogP contribution in [0, 0.1) is 0 Å². The van der Waals surface area contributed by atoms with Gasteiger partial charge in [-0.1, -0.05) is 13.3 Å². The Bertz CT molecular complexity index is 475. The lowest BCUT2D eigenvalue weighted by Gasteiger charge is -2.15. The molecular formula is C15H23NO5. The van der Waals surface area contributed by atoms with Crippen molar-refractivity contribution in [2.24, 2.45) is 0 Å². The lowest BCUT2D eigenvalue weighted by atomic mass is 10.1. The zero-order valence-electron chi connectivity index (χ0n) is 12.9. The maximum absolute atomic E-state index is 12.2. The van der Waals surface area contributed by atoms with Crippen LogP contribution in [-0.4, -0.2) is 45.0 Å². The Morgan fingerprint density at radius 1 is 1.14 bits per heavy atom. The predicted octanol–water partition coefficient (Wildman–Crippen LogP) is 1.60. The molecule has 0 radical (unpaired) electrons. The van der Waals surface area contributed by atoms with Crippen molar-refractivity contribution in [1.29, 1.82) is 0 Å². The van der Waals surface area contributed by atoms with E-state index in [1.54, 1.807) is 12.1 Å². The molecule has 6 heteroatoms. The number of hydrogen-bond donors (Lipinski definition) is 2. The van der Waals surface area contributed by atoms with Crippen molar-refractivity contribution in [3.63, 3.8) is 0 Å². The molecule has 0 saturated heterocycles. The van der Waals surface area contributed by atoms with Gasteiger partial charge in [-0.25, -0.2) is 0 Å². The molecule has 1 rings (SSSR count). The second-order valence-electron chi connectivity index (χ2n) is 4.56. The van der Waals surface area contributed by atoms with Crippen molar-refractivity contribution in [2.75, 3.05) is 27.9 Å². The van der Waals surface area contributed by atoms with Crippen molar-refractivity contribution >= 4 is 5.91 Å². The fourth-order valence-corrected chi connectivity index (χ4v) is 1.95. The van der Waals surface area contributed by atoms with Gasteiger partial charge in [0, 0.05) is 18.7 Å². The first-order valence-electron chi connectivity index (χ1n) is 6.83. The van der Waals surface area contributed by atoms with Crippen LogP contribution in [0.5, 0.6) is 17.2 Å². The van der Waals surface area contributed by atoms with Gasteiger partial charge >= 0.3 is 0 Å². The van der Waals surface area contributed by atoms with Gasteiger partial charge < -0.3 is 24.6 Å². The molecule has 118 valence electrons. The highest BCUT2D eigenvalue weighted by molar-refractivity contribution is 5.97. The van der Waals surface area contributed by atoms with Gasteiger partial charge in [0.15, 0.2) is 11.5 Å². The maximum Gasteiger partial charge on any atom is 0.255 e. The highest BCUT2D eigenvalue weighted by Crippen LogP contribution is 2.34. The Balaban J connectivity index is 2.92. The molecule has 0 aliphatic heterocycles. The van der Waals surface area contributed by atoms with Gasteiger partial charge in [0.2, 0.25) is 0 Å². The number of carbonyl (C=O) groups is 1. The average molecular weight is 297 g/mol. The summed E-state index contributed by atoms with van der Waals surface area (Å²) in [6, 6.07) is 3.15. The molecule has 1 atom stereocenters. The van der Waals surface area contributed by atoms with Gasteiger partial charge in [0.1, 0.15) is 5.75 Å². The highest BCUT2D eigenvalue weighted by atomic mass is 16.5. The first-order valence-corrected chi connectivity index (χ1v) is 6.83. The van der Waals surface area contributed by atoms with E-state index in [2.05, 4.69) is 5.32 Å². The number of rotatable bonds is 8. The van der Waals surface area contributed by atoms with Crippen LogP contribution in [0.25, 0.3) is 0 Å². The van der Waals surface area contributed by atoms with Crippen molar-refractivity contribution < 1.29 is 24.1 Å². The summed E-state index contributed by atoms with van der Waals surface area (Å²) >= 11 is 0. The monoisotopic (exact) mass is 297 g/mol. The van der Waals surface area contributed by atoms with Crippen LogP contribution in [0.15, 0.2) is 12.1 Å². The average Bonchev–Trinajstić information content (AvgIpc) is 2.51. The zero-order valence-corrected chi connectivity index (χ0v) is 12.9. The molecule has 0 bridgehead atoms. The lowest BCUT2D eigenvalue weighted by Crippen LogP contribution is -2.32. The van der Waals surface area contributed by atoms with Crippen LogP contribution in [0.1, 0.15) is 30.1 Å². The normalized spacial score (nSPS) is 11.7. The molecule has 0 saturated carbocycles.